The zero-order valence-corrected chi connectivity index (χ0v) is 14.3. The molecule has 130 valence electrons. The topological polar surface area (TPSA) is 46.3 Å². The number of rotatable bonds is 3. The third kappa shape index (κ3) is 2.70. The van der Waals surface area contributed by atoms with Crippen molar-refractivity contribution in [1.29, 1.82) is 0 Å². The highest BCUT2D eigenvalue weighted by atomic mass is 19.1. The lowest BCUT2D eigenvalue weighted by Crippen LogP contribution is -2.35. The molecule has 0 radical (unpaired) electrons. The van der Waals surface area contributed by atoms with Crippen molar-refractivity contribution in [2.24, 2.45) is 0 Å². The lowest BCUT2D eigenvalue weighted by atomic mass is 9.80. The molecule has 3 nitrogen and oxygen atoms in total. The average Bonchev–Trinajstić information content (AvgIpc) is 3.21. The minimum atomic E-state index is -0.178. The van der Waals surface area contributed by atoms with Gasteiger partial charge in [0.2, 0.25) is 5.91 Å². The Morgan fingerprint density at radius 3 is 2.64 bits per heavy atom. The van der Waals surface area contributed by atoms with E-state index in [2.05, 4.69) is 0 Å². The van der Waals surface area contributed by atoms with Crippen LogP contribution in [0, 0.1) is 5.82 Å². The second-order valence-electron chi connectivity index (χ2n) is 7.30. The number of hydrogen-bond acceptors (Lipinski definition) is 2. The van der Waals surface area contributed by atoms with Gasteiger partial charge in [-0.2, -0.15) is 0 Å². The normalized spacial score (nSPS) is 17.9. The van der Waals surface area contributed by atoms with Gasteiger partial charge in [0, 0.05) is 29.6 Å². The molecule has 1 aliphatic heterocycles. The molecule has 4 heteroatoms. The van der Waals surface area contributed by atoms with Gasteiger partial charge < -0.3 is 10.6 Å². The van der Waals surface area contributed by atoms with Gasteiger partial charge in [-0.3, -0.25) is 4.79 Å². The fourth-order valence-corrected chi connectivity index (χ4v) is 4.55. The van der Waals surface area contributed by atoms with Gasteiger partial charge in [-0.15, -0.1) is 0 Å². The van der Waals surface area contributed by atoms with Crippen LogP contribution in [0.5, 0.6) is 0 Å². The van der Waals surface area contributed by atoms with E-state index in [0.717, 1.165) is 48.2 Å². The van der Waals surface area contributed by atoms with Gasteiger partial charge in [0.1, 0.15) is 5.82 Å². The van der Waals surface area contributed by atoms with E-state index in [1.165, 1.54) is 6.07 Å². The van der Waals surface area contributed by atoms with Crippen LogP contribution in [0.1, 0.15) is 43.2 Å². The van der Waals surface area contributed by atoms with Crippen molar-refractivity contribution in [3.63, 3.8) is 0 Å². The van der Waals surface area contributed by atoms with E-state index in [4.69, 9.17) is 5.73 Å². The lowest BCUT2D eigenvalue weighted by molar-refractivity contribution is -0.118. The number of benzene rings is 2. The minimum absolute atomic E-state index is 0.0545. The summed E-state index contributed by atoms with van der Waals surface area (Å²) in [6.45, 7) is 0.617. The second-order valence-corrected chi connectivity index (χ2v) is 7.30. The second kappa shape index (κ2) is 6.17. The van der Waals surface area contributed by atoms with Crippen LogP contribution in [0.2, 0.25) is 0 Å². The molecule has 0 bridgehead atoms. The Labute approximate surface area is 147 Å². The van der Waals surface area contributed by atoms with Crippen LogP contribution in [0.3, 0.4) is 0 Å². The van der Waals surface area contributed by atoms with E-state index < -0.39 is 0 Å². The Morgan fingerprint density at radius 1 is 1.12 bits per heavy atom. The number of anilines is 2. The van der Waals surface area contributed by atoms with Crippen LogP contribution < -0.4 is 10.6 Å². The zero-order chi connectivity index (χ0) is 17.4. The maximum Gasteiger partial charge on any atom is 0.227 e. The molecular formula is C21H23FN2O. The van der Waals surface area contributed by atoms with Crippen molar-refractivity contribution in [3.8, 4) is 0 Å². The van der Waals surface area contributed by atoms with Gasteiger partial charge in [0.25, 0.3) is 0 Å². The first kappa shape index (κ1) is 16.1. The molecule has 0 atom stereocenters. The number of hydrogen-bond donors (Lipinski definition) is 1. The number of carbonyl (C=O) groups excluding carboxylic acids is 1. The zero-order valence-electron chi connectivity index (χ0n) is 14.3. The lowest BCUT2D eigenvalue weighted by Gasteiger charge is -2.25. The smallest absolute Gasteiger partial charge is 0.227 e. The monoisotopic (exact) mass is 338 g/mol. The van der Waals surface area contributed by atoms with Crippen molar-refractivity contribution in [1.82, 2.24) is 0 Å². The molecule has 0 unspecified atom stereocenters. The molecule has 25 heavy (non-hydrogen) atoms. The predicted molar refractivity (Wildman–Crippen MR) is 98.1 cm³/mol. The molecule has 1 amide bonds. The minimum Gasteiger partial charge on any atom is -0.399 e. The van der Waals surface area contributed by atoms with Crippen molar-refractivity contribution >= 4 is 17.3 Å². The molecule has 2 aliphatic rings. The largest absolute Gasteiger partial charge is 0.399 e. The summed E-state index contributed by atoms with van der Waals surface area (Å²) < 4.78 is 14.6. The highest BCUT2D eigenvalue weighted by Gasteiger charge is 2.47. The fourth-order valence-electron chi connectivity index (χ4n) is 4.55. The maximum absolute atomic E-state index is 14.6. The molecule has 0 saturated heterocycles. The standard InChI is InChI=1S/C21H23FN2O/c22-16-7-5-9-18-20(16)21(12-3-4-13-21)14-24(18)19(25)11-10-15-6-1-2-8-17(15)23/h1-2,5-9H,3-4,10-14,23H2. The van der Waals surface area contributed by atoms with Gasteiger partial charge in [-0.05, 0) is 43.0 Å². The Hall–Kier alpha value is -2.36. The first-order valence-electron chi connectivity index (χ1n) is 9.03. The summed E-state index contributed by atoms with van der Waals surface area (Å²) in [5.74, 6) is -0.110. The van der Waals surface area contributed by atoms with Crippen molar-refractivity contribution < 1.29 is 9.18 Å². The Bertz CT molecular complexity index is 811. The van der Waals surface area contributed by atoms with E-state index >= 15 is 0 Å². The van der Waals surface area contributed by atoms with E-state index in [1.807, 2.05) is 35.2 Å². The van der Waals surface area contributed by atoms with Gasteiger partial charge >= 0.3 is 0 Å². The van der Waals surface area contributed by atoms with E-state index in [0.29, 0.717) is 19.4 Å². The fraction of sp³-hybridized carbons (Fsp3) is 0.381. The number of halogens is 1. The van der Waals surface area contributed by atoms with Crippen LogP contribution in [0.4, 0.5) is 15.8 Å². The number of fused-ring (bicyclic) bond motifs is 2. The highest BCUT2D eigenvalue weighted by Crippen LogP contribution is 2.51. The molecule has 2 aromatic rings. The molecule has 2 aromatic carbocycles. The first-order chi connectivity index (χ1) is 12.1. The number of carbonyl (C=O) groups is 1. The molecule has 1 aliphatic carbocycles. The van der Waals surface area contributed by atoms with Crippen LogP contribution in [-0.2, 0) is 16.6 Å². The van der Waals surface area contributed by atoms with Crippen LogP contribution >= 0.6 is 0 Å². The number of aryl methyl sites for hydroxylation is 1. The predicted octanol–water partition coefficient (Wildman–Crippen LogP) is 4.20. The van der Waals surface area contributed by atoms with E-state index in [-0.39, 0.29) is 17.1 Å². The van der Waals surface area contributed by atoms with Crippen LogP contribution in [0.15, 0.2) is 42.5 Å². The van der Waals surface area contributed by atoms with E-state index in [9.17, 15) is 9.18 Å². The Morgan fingerprint density at radius 2 is 1.88 bits per heavy atom. The van der Waals surface area contributed by atoms with Crippen LogP contribution in [0.25, 0.3) is 0 Å². The summed E-state index contributed by atoms with van der Waals surface area (Å²) in [6.07, 6.45) is 5.15. The molecule has 1 fully saturated rings. The Kier molecular flexibility index (Phi) is 3.98. The summed E-state index contributed by atoms with van der Waals surface area (Å²) >= 11 is 0. The van der Waals surface area contributed by atoms with Gasteiger partial charge in [0.15, 0.2) is 0 Å². The number of amides is 1. The third-order valence-corrected chi connectivity index (χ3v) is 5.80. The highest BCUT2D eigenvalue weighted by molar-refractivity contribution is 5.96. The summed E-state index contributed by atoms with van der Waals surface area (Å²) in [6, 6.07) is 12.8. The van der Waals surface area contributed by atoms with Gasteiger partial charge in [-0.1, -0.05) is 37.1 Å². The van der Waals surface area contributed by atoms with E-state index in [1.54, 1.807) is 6.07 Å². The first-order valence-corrected chi connectivity index (χ1v) is 9.03. The molecule has 0 aromatic heterocycles. The molecular weight excluding hydrogens is 315 g/mol. The summed E-state index contributed by atoms with van der Waals surface area (Å²) in [7, 11) is 0. The van der Waals surface area contributed by atoms with Crippen molar-refractivity contribution in [2.45, 2.75) is 43.9 Å². The molecule has 2 N–H and O–H groups in total. The molecule has 1 heterocycles. The molecule has 1 spiro atoms. The molecule has 4 rings (SSSR count). The van der Waals surface area contributed by atoms with Gasteiger partial charge in [-0.25, -0.2) is 4.39 Å². The van der Waals surface area contributed by atoms with Crippen molar-refractivity contribution in [3.05, 3.63) is 59.4 Å². The number of nitrogen functional groups attached to an aromatic ring is 1. The number of nitrogens with two attached hydrogens (primary N) is 1. The third-order valence-electron chi connectivity index (χ3n) is 5.80. The summed E-state index contributed by atoms with van der Waals surface area (Å²) in [5, 5.41) is 0. The average molecular weight is 338 g/mol. The SMILES string of the molecule is Nc1ccccc1CCC(=O)N1CC2(CCCC2)c2c(F)cccc21. The Balaban J connectivity index is 1.58. The molecule has 1 saturated carbocycles. The maximum atomic E-state index is 14.6. The number of nitrogens with zero attached hydrogens (tertiary/aromatic N) is 1. The summed E-state index contributed by atoms with van der Waals surface area (Å²) in [4.78, 5) is 14.7. The number of para-hydroxylation sites is 1. The van der Waals surface area contributed by atoms with Crippen molar-refractivity contribution in [2.75, 3.05) is 17.2 Å². The van der Waals surface area contributed by atoms with Gasteiger partial charge in [0.05, 0.1) is 5.69 Å². The quantitative estimate of drug-likeness (QED) is 0.853. The summed E-state index contributed by atoms with van der Waals surface area (Å²) in [5.41, 5.74) is 9.04. The van der Waals surface area contributed by atoms with Crippen LogP contribution in [-0.4, -0.2) is 12.5 Å².